The molecule has 0 amide bonds. The van der Waals surface area contributed by atoms with E-state index in [-0.39, 0.29) is 6.15 Å². The van der Waals surface area contributed by atoms with Crippen LogP contribution in [0.15, 0.2) is 0 Å². The van der Waals surface area contributed by atoms with Crippen LogP contribution >= 0.6 is 7.82 Å². The number of nitrogens with zero attached hydrogens (tertiary/aromatic N) is 2. The molecule has 0 spiro atoms. The molecule has 0 aromatic heterocycles. The molecule has 0 fully saturated rings. The van der Waals surface area contributed by atoms with Crippen LogP contribution in [0.1, 0.15) is 13.8 Å². The third kappa shape index (κ3) is 10.4. The van der Waals surface area contributed by atoms with Crippen LogP contribution in [0.2, 0.25) is 0 Å². The zero-order chi connectivity index (χ0) is 65.5. The van der Waals surface area contributed by atoms with Crippen LogP contribution in [0.25, 0.3) is 0 Å². The number of phosphoric ester groups is 1. The second-order valence-electron chi connectivity index (χ2n) is 14.0. The lowest BCUT2D eigenvalue weighted by molar-refractivity contribution is -0.458. The van der Waals surface area contributed by atoms with E-state index < -0.39 is 182 Å². The fraction of sp³-hybridized carbons (Fsp3) is 1.00. The van der Waals surface area contributed by atoms with Crippen LogP contribution in [-0.2, 0) is 33.7 Å². The van der Waals surface area contributed by atoms with Gasteiger partial charge in [-0.1, -0.05) is 13.8 Å². The number of hydrogen-bond acceptors (Lipinski definition) is 8. The molecule has 0 aliphatic rings. The summed E-state index contributed by atoms with van der Waals surface area (Å²) in [5.74, 6) is -133. The van der Waals surface area contributed by atoms with Gasteiger partial charge >= 0.3 is 126 Å². The number of alkyl halides is 42. The largest absolute Gasteiger partial charge is 0.480 e. The van der Waals surface area contributed by atoms with Crippen molar-refractivity contribution in [1.82, 2.24) is 14.8 Å². The van der Waals surface area contributed by atoms with Crippen molar-refractivity contribution in [3.05, 3.63) is 0 Å². The first-order chi connectivity index (χ1) is 33.3. The topological polar surface area (TPSA) is 166 Å². The minimum Gasteiger partial charge on any atom is -0.344 e. The summed E-state index contributed by atoms with van der Waals surface area (Å²) in [4.78, 5) is 9.39. The van der Waals surface area contributed by atoms with E-state index in [1.54, 1.807) is 0 Å². The molecule has 2 unspecified atom stereocenters. The van der Waals surface area contributed by atoms with Crippen LogP contribution in [-0.4, -0.2) is 162 Å². The predicted molar refractivity (Wildman–Crippen MR) is 161 cm³/mol. The van der Waals surface area contributed by atoms with Crippen molar-refractivity contribution in [2.24, 2.45) is 0 Å². The van der Waals surface area contributed by atoms with Gasteiger partial charge in [0.1, 0.15) is 0 Å². The Morgan fingerprint density at radius 1 is 0.312 bits per heavy atom. The molecule has 0 aliphatic heterocycles. The standard InChI is InChI=1S/C24H11F42N2O8PS2.H3N/c1-3-67(78(71,72)21(61,62)15(45,46)11(37,38)7(29,30)5(25,26)9(33,34)13(41,42)17(49,50)51)23(65,19(55,56)57)75-77(69,70)76-24(66,20(58,59)60)68(4-2)79(73,74)22(63,64)16(47,48)12(39,40)8(31,32)6(27,28)10(35,36)14(43,44)18(52,53)54;/h3-4H2,1-2H3,(H,69,70);1H3. The Balaban J connectivity index is 0. The molecule has 484 valence electrons. The van der Waals surface area contributed by atoms with Crippen LogP contribution in [0.5, 0.6) is 0 Å². The first-order valence-electron chi connectivity index (χ1n) is 17.0. The van der Waals surface area contributed by atoms with Crippen molar-refractivity contribution in [2.45, 2.75) is 132 Å². The highest BCUT2D eigenvalue weighted by atomic mass is 32.2. The Morgan fingerprint density at radius 2 is 0.463 bits per heavy atom. The number of rotatable bonds is 24. The molecule has 0 aromatic rings. The van der Waals surface area contributed by atoms with E-state index in [0.29, 0.717) is 0 Å². The lowest BCUT2D eigenvalue weighted by Crippen LogP contribution is -2.76. The van der Waals surface area contributed by atoms with Crippen molar-refractivity contribution in [3.8, 4) is 0 Å². The van der Waals surface area contributed by atoms with E-state index >= 15 is 8.78 Å². The molecule has 0 heterocycles. The maximum atomic E-state index is 15.6. The third-order valence-corrected chi connectivity index (χ3v) is 13.9. The highest BCUT2D eigenvalue weighted by Crippen LogP contribution is 2.68. The number of phosphoric acid groups is 1. The summed E-state index contributed by atoms with van der Waals surface area (Å²) in [7, 11) is -29.9. The lowest BCUT2D eigenvalue weighted by Gasteiger charge is -2.44. The summed E-state index contributed by atoms with van der Waals surface area (Å²) in [6.07, 6.45) is -34.2. The minimum atomic E-state index is -10.1. The van der Waals surface area contributed by atoms with Gasteiger partial charge in [0.25, 0.3) is 20.0 Å². The average Bonchev–Trinajstić information content (AvgIpc) is 3.17. The van der Waals surface area contributed by atoms with Gasteiger partial charge in [0, 0.05) is 13.1 Å². The number of sulfonamides is 2. The molecule has 56 heteroatoms. The molecule has 11 nitrogen and oxygen atoms in total. The van der Waals surface area contributed by atoms with Crippen molar-refractivity contribution >= 4 is 27.9 Å². The van der Waals surface area contributed by atoms with Gasteiger partial charge < -0.3 is 11.0 Å². The summed E-state index contributed by atoms with van der Waals surface area (Å²) < 4.78 is 639. The summed E-state index contributed by atoms with van der Waals surface area (Å²) in [5.41, 5.74) is 0. The van der Waals surface area contributed by atoms with Crippen molar-refractivity contribution in [3.63, 3.8) is 0 Å². The van der Waals surface area contributed by atoms with E-state index in [9.17, 15) is 202 Å². The molecule has 0 bridgehead atoms. The summed E-state index contributed by atoms with van der Waals surface area (Å²) in [6, 6.07) is 0. The number of hydrogen-bond donors (Lipinski definition) is 2. The molecular weight excluding hydrogens is 1350 g/mol. The predicted octanol–water partition coefficient (Wildman–Crippen LogP) is 12.9. The molecule has 80 heavy (non-hydrogen) atoms. The van der Waals surface area contributed by atoms with Gasteiger partial charge in [-0.05, 0) is 0 Å². The fourth-order valence-corrected chi connectivity index (χ4v) is 8.96. The van der Waals surface area contributed by atoms with Gasteiger partial charge in [-0.2, -0.15) is 184 Å². The zero-order valence-corrected chi connectivity index (χ0v) is 38.0. The van der Waals surface area contributed by atoms with E-state index in [0.717, 1.165) is 0 Å². The Bertz CT molecular complexity index is 2340. The summed E-state index contributed by atoms with van der Waals surface area (Å²) >= 11 is 0. The SMILES string of the molecule is CCN(C(F)(OP(=O)(O)OC(F)(N(CC)S(=O)(=O)C(F)(F)C(F)(F)C(F)(F)C(F)(F)C(F)(F)C(F)(F)C(F)(F)C(F)(F)F)C(F)(F)F)C(F)(F)F)S(=O)(=O)C(F)(F)C(F)(F)C(F)(F)C(F)(F)C(F)(F)C(F)(F)C(F)(F)C(F)(F)F.N. The van der Waals surface area contributed by atoms with E-state index in [4.69, 9.17) is 0 Å². The average molecular weight is 1370 g/mol. The van der Waals surface area contributed by atoms with Gasteiger partial charge in [-0.25, -0.2) is 30.4 Å². The van der Waals surface area contributed by atoms with Gasteiger partial charge in [-0.15, -0.1) is 8.61 Å². The highest BCUT2D eigenvalue weighted by Gasteiger charge is 2.99. The quantitative estimate of drug-likeness (QED) is 0.0414. The fourth-order valence-electron chi connectivity index (χ4n) is 4.76. The highest BCUT2D eigenvalue weighted by molar-refractivity contribution is 7.90. The van der Waals surface area contributed by atoms with E-state index in [1.807, 2.05) is 9.05 Å². The second kappa shape index (κ2) is 20.3. The first-order valence-corrected chi connectivity index (χ1v) is 21.4. The first kappa shape index (κ1) is 79.0. The maximum Gasteiger partial charge on any atom is 0.480 e. The minimum absolute atomic E-state index is 0. The van der Waals surface area contributed by atoms with Crippen LogP contribution in [0.3, 0.4) is 0 Å². The van der Waals surface area contributed by atoms with Gasteiger partial charge in [-0.3, -0.25) is 0 Å². The summed E-state index contributed by atoms with van der Waals surface area (Å²) in [5, 5.41) is -19.0. The number of halogens is 42. The molecule has 4 N–H and O–H groups in total. The van der Waals surface area contributed by atoms with Crippen molar-refractivity contribution in [1.29, 1.82) is 0 Å². The maximum absolute atomic E-state index is 15.6. The van der Waals surface area contributed by atoms with Crippen LogP contribution in [0.4, 0.5) is 184 Å². The Labute approximate surface area is 408 Å². The normalized spacial score (nSPS) is 18.7. The Morgan fingerprint density at radius 3 is 0.600 bits per heavy atom. The molecule has 2 atom stereocenters. The molecule has 0 rings (SSSR count). The Kier molecular flexibility index (Phi) is 20.1. The van der Waals surface area contributed by atoms with Crippen molar-refractivity contribution in [2.75, 3.05) is 13.1 Å². The monoisotopic (exact) mass is 1360 g/mol. The van der Waals surface area contributed by atoms with Crippen molar-refractivity contribution < 1.29 is 220 Å². The molecule has 0 aliphatic carbocycles. The van der Waals surface area contributed by atoms with E-state index in [1.165, 1.54) is 0 Å². The third-order valence-electron chi connectivity index (χ3n) is 9.00. The molecule has 0 saturated carbocycles. The van der Waals surface area contributed by atoms with Gasteiger partial charge in [0.15, 0.2) is 0 Å². The summed E-state index contributed by atoms with van der Waals surface area (Å²) in [6.45, 7) is -9.63. The van der Waals surface area contributed by atoms with Crippen LogP contribution < -0.4 is 6.15 Å². The molecule has 0 radical (unpaired) electrons. The second-order valence-corrected chi connectivity index (χ2v) is 19.1. The van der Waals surface area contributed by atoms with E-state index in [2.05, 4.69) is 0 Å². The molecule has 0 aromatic carbocycles. The molecular formula is C24H14F42N3O8PS2. The van der Waals surface area contributed by atoms with Gasteiger partial charge in [0.2, 0.25) is 0 Å². The Hall–Kier alpha value is -3.05. The smallest absolute Gasteiger partial charge is 0.344 e. The molecule has 0 saturated heterocycles. The zero-order valence-electron chi connectivity index (χ0n) is 35.5. The van der Waals surface area contributed by atoms with Gasteiger partial charge in [0.05, 0.1) is 0 Å². The van der Waals surface area contributed by atoms with Crippen LogP contribution in [0, 0.1) is 0 Å². The lowest BCUT2D eigenvalue weighted by atomic mass is 9.91.